The Balaban J connectivity index is 1.89. The zero-order valence-electron chi connectivity index (χ0n) is 10.9. The largest absolute Gasteiger partial charge is 0.418 e. The lowest BCUT2D eigenvalue weighted by molar-refractivity contribution is -0.136. The monoisotopic (exact) mass is 295 g/mol. The molecule has 1 aromatic carbocycles. The van der Waals surface area contributed by atoms with Crippen LogP contribution in [0.5, 0.6) is 0 Å². The van der Waals surface area contributed by atoms with E-state index in [1.165, 1.54) is 18.2 Å². The number of benzene rings is 1. The van der Waals surface area contributed by atoms with Crippen LogP contribution in [-0.4, -0.2) is 16.1 Å². The molecule has 0 atom stereocenters. The quantitative estimate of drug-likeness (QED) is 0.894. The van der Waals surface area contributed by atoms with Crippen LogP contribution in [-0.2, 0) is 19.0 Å². The van der Waals surface area contributed by atoms with Crippen LogP contribution in [0.3, 0.4) is 0 Å². The molecule has 0 aliphatic heterocycles. The molecule has 1 amide bonds. The highest BCUT2D eigenvalue weighted by molar-refractivity contribution is 6.04. The molecule has 1 aliphatic carbocycles. The molecule has 2 aromatic rings. The van der Waals surface area contributed by atoms with Gasteiger partial charge < -0.3 is 5.32 Å². The number of aromatic amines is 1. The Hall–Kier alpha value is -2.31. The zero-order valence-corrected chi connectivity index (χ0v) is 10.9. The lowest BCUT2D eigenvalue weighted by Gasteiger charge is -2.13. The number of hydrogen-bond donors (Lipinski definition) is 2. The number of aromatic nitrogens is 2. The summed E-state index contributed by atoms with van der Waals surface area (Å²) in [5, 5.41) is 8.98. The summed E-state index contributed by atoms with van der Waals surface area (Å²) in [4.78, 5) is 12.2. The number of carbonyl (C=O) groups excluding carboxylic acids is 1. The summed E-state index contributed by atoms with van der Waals surface area (Å²) in [6.07, 6.45) is -2.06. The third-order valence-electron chi connectivity index (χ3n) is 3.50. The molecule has 0 spiro atoms. The Kier molecular flexibility index (Phi) is 3.19. The summed E-state index contributed by atoms with van der Waals surface area (Å²) in [6.45, 7) is 0. The van der Waals surface area contributed by atoms with Crippen LogP contribution >= 0.6 is 0 Å². The topological polar surface area (TPSA) is 57.8 Å². The smallest absolute Gasteiger partial charge is 0.320 e. The molecular weight excluding hydrogens is 283 g/mol. The first-order chi connectivity index (χ1) is 9.97. The summed E-state index contributed by atoms with van der Waals surface area (Å²) in [7, 11) is 0. The predicted molar refractivity (Wildman–Crippen MR) is 70.0 cm³/mol. The fourth-order valence-electron chi connectivity index (χ4n) is 2.53. The van der Waals surface area contributed by atoms with Crippen molar-refractivity contribution in [3.63, 3.8) is 0 Å². The number of hydrogen-bond acceptors (Lipinski definition) is 2. The van der Waals surface area contributed by atoms with Crippen LogP contribution in [0, 0.1) is 0 Å². The number of para-hydroxylation sites is 1. The van der Waals surface area contributed by atoms with Gasteiger partial charge in [-0.25, -0.2) is 0 Å². The van der Waals surface area contributed by atoms with Crippen molar-refractivity contribution in [1.29, 1.82) is 0 Å². The standard InChI is InChI=1S/C14H12F3N3O/c15-14(16,17)9-5-1-2-6-11(9)18-13(21)12-8-4-3-7-10(8)19-20-12/h1-2,5-6H,3-4,7H2,(H,18,21)(H,19,20). The maximum absolute atomic E-state index is 12.9. The molecule has 0 bridgehead atoms. The Morgan fingerprint density at radius 3 is 2.76 bits per heavy atom. The van der Waals surface area contributed by atoms with Crippen LogP contribution in [0.1, 0.15) is 33.7 Å². The van der Waals surface area contributed by atoms with E-state index in [4.69, 9.17) is 0 Å². The molecule has 0 fully saturated rings. The van der Waals surface area contributed by atoms with Gasteiger partial charge in [-0.3, -0.25) is 9.89 Å². The molecule has 2 N–H and O–H groups in total. The second kappa shape index (κ2) is 4.91. The second-order valence-corrected chi connectivity index (χ2v) is 4.88. The van der Waals surface area contributed by atoms with E-state index in [1.54, 1.807) is 0 Å². The molecule has 7 heteroatoms. The molecule has 110 valence electrons. The van der Waals surface area contributed by atoms with Gasteiger partial charge in [-0.2, -0.15) is 18.3 Å². The van der Waals surface area contributed by atoms with Crippen molar-refractivity contribution >= 4 is 11.6 Å². The molecule has 1 aliphatic rings. The number of aryl methyl sites for hydroxylation is 1. The van der Waals surface area contributed by atoms with Crippen LogP contribution in [0.2, 0.25) is 0 Å². The first kappa shape index (κ1) is 13.7. The fourth-order valence-corrected chi connectivity index (χ4v) is 2.53. The molecule has 1 heterocycles. The van der Waals surface area contributed by atoms with Crippen LogP contribution in [0.4, 0.5) is 18.9 Å². The van der Waals surface area contributed by atoms with E-state index in [0.29, 0.717) is 0 Å². The second-order valence-electron chi connectivity index (χ2n) is 4.88. The normalized spacial score (nSPS) is 14.0. The van der Waals surface area contributed by atoms with Gasteiger partial charge in [-0.15, -0.1) is 0 Å². The maximum atomic E-state index is 12.9. The van der Waals surface area contributed by atoms with Gasteiger partial charge in [0.05, 0.1) is 11.3 Å². The molecule has 3 rings (SSSR count). The van der Waals surface area contributed by atoms with Crippen molar-refractivity contribution in [3.8, 4) is 0 Å². The third kappa shape index (κ3) is 2.51. The number of rotatable bonds is 2. The van der Waals surface area contributed by atoms with E-state index in [1.807, 2.05) is 0 Å². The average molecular weight is 295 g/mol. The van der Waals surface area contributed by atoms with E-state index >= 15 is 0 Å². The van der Waals surface area contributed by atoms with Crippen molar-refractivity contribution < 1.29 is 18.0 Å². The number of fused-ring (bicyclic) bond motifs is 1. The SMILES string of the molecule is O=C(Nc1ccccc1C(F)(F)F)c1n[nH]c2c1CCC2. The molecular formula is C14H12F3N3O. The maximum Gasteiger partial charge on any atom is 0.418 e. The number of carbonyl (C=O) groups is 1. The highest BCUT2D eigenvalue weighted by Gasteiger charge is 2.34. The summed E-state index contributed by atoms with van der Waals surface area (Å²) >= 11 is 0. The number of anilines is 1. The molecule has 0 unspecified atom stereocenters. The zero-order chi connectivity index (χ0) is 15.0. The number of amides is 1. The van der Waals surface area contributed by atoms with Gasteiger partial charge in [0, 0.05) is 11.3 Å². The van der Waals surface area contributed by atoms with Crippen molar-refractivity contribution in [1.82, 2.24) is 10.2 Å². The van der Waals surface area contributed by atoms with Gasteiger partial charge in [-0.1, -0.05) is 12.1 Å². The van der Waals surface area contributed by atoms with E-state index in [-0.39, 0.29) is 11.4 Å². The summed E-state index contributed by atoms with van der Waals surface area (Å²) in [6, 6.07) is 4.89. The minimum absolute atomic E-state index is 0.180. The Bertz CT molecular complexity index is 691. The summed E-state index contributed by atoms with van der Waals surface area (Å²) in [5.74, 6) is -0.619. The Morgan fingerprint density at radius 1 is 1.24 bits per heavy atom. The van der Waals surface area contributed by atoms with Crippen molar-refractivity contribution in [2.45, 2.75) is 25.4 Å². The minimum atomic E-state index is -4.52. The molecule has 0 radical (unpaired) electrons. The van der Waals surface area contributed by atoms with Crippen LogP contribution in [0.25, 0.3) is 0 Å². The Labute approximate surface area is 118 Å². The molecule has 4 nitrogen and oxygen atoms in total. The summed E-state index contributed by atoms with van der Waals surface area (Å²) in [5.41, 5.74) is 0.746. The number of halogens is 3. The van der Waals surface area contributed by atoms with E-state index in [9.17, 15) is 18.0 Å². The Morgan fingerprint density at radius 2 is 2.00 bits per heavy atom. The lowest BCUT2D eigenvalue weighted by Crippen LogP contribution is -2.18. The van der Waals surface area contributed by atoms with Gasteiger partial charge in [0.25, 0.3) is 5.91 Å². The van der Waals surface area contributed by atoms with Crippen LogP contribution < -0.4 is 5.32 Å². The van der Waals surface area contributed by atoms with Gasteiger partial charge in [0.2, 0.25) is 0 Å². The predicted octanol–water partition coefficient (Wildman–Crippen LogP) is 3.17. The lowest BCUT2D eigenvalue weighted by atomic mass is 10.1. The molecule has 1 aromatic heterocycles. The van der Waals surface area contributed by atoms with Gasteiger partial charge in [-0.05, 0) is 31.4 Å². The minimum Gasteiger partial charge on any atom is -0.320 e. The number of H-pyrrole nitrogens is 1. The number of nitrogens with zero attached hydrogens (tertiary/aromatic N) is 1. The molecule has 21 heavy (non-hydrogen) atoms. The highest BCUT2D eigenvalue weighted by atomic mass is 19.4. The molecule has 0 saturated carbocycles. The van der Waals surface area contributed by atoms with E-state index in [2.05, 4.69) is 15.5 Å². The number of nitrogens with one attached hydrogen (secondary N) is 2. The van der Waals surface area contributed by atoms with Crippen molar-refractivity contribution in [2.75, 3.05) is 5.32 Å². The van der Waals surface area contributed by atoms with Gasteiger partial charge in [0.15, 0.2) is 5.69 Å². The first-order valence-corrected chi connectivity index (χ1v) is 6.50. The summed E-state index contributed by atoms with van der Waals surface area (Å²) < 4.78 is 38.7. The molecule has 0 saturated heterocycles. The highest BCUT2D eigenvalue weighted by Crippen LogP contribution is 2.35. The van der Waals surface area contributed by atoms with Gasteiger partial charge in [0.1, 0.15) is 0 Å². The van der Waals surface area contributed by atoms with Gasteiger partial charge >= 0.3 is 6.18 Å². The van der Waals surface area contributed by atoms with Crippen molar-refractivity contribution in [3.05, 3.63) is 46.8 Å². The first-order valence-electron chi connectivity index (χ1n) is 6.50. The van der Waals surface area contributed by atoms with Crippen molar-refractivity contribution in [2.24, 2.45) is 0 Å². The third-order valence-corrected chi connectivity index (χ3v) is 3.50. The fraction of sp³-hybridized carbons (Fsp3) is 0.286. The van der Waals surface area contributed by atoms with Crippen LogP contribution in [0.15, 0.2) is 24.3 Å². The van der Waals surface area contributed by atoms with E-state index in [0.717, 1.165) is 36.6 Å². The number of alkyl halides is 3. The average Bonchev–Trinajstić information content (AvgIpc) is 2.99. The van der Waals surface area contributed by atoms with E-state index < -0.39 is 17.6 Å².